The van der Waals surface area contributed by atoms with Crippen molar-refractivity contribution in [3.63, 3.8) is 0 Å². The summed E-state index contributed by atoms with van der Waals surface area (Å²) in [4.78, 5) is 38.1. The molecule has 6 nitrogen and oxygen atoms in total. The van der Waals surface area contributed by atoms with Gasteiger partial charge in [-0.25, -0.2) is 0 Å². The molecule has 0 heterocycles. The first kappa shape index (κ1) is 65.3. The molecule has 0 spiro atoms. The summed E-state index contributed by atoms with van der Waals surface area (Å²) >= 11 is 0. The highest BCUT2D eigenvalue weighted by molar-refractivity contribution is 5.71. The largest absolute Gasteiger partial charge is 0.462 e. The molecular weight excluding hydrogens is 865 g/mol. The summed E-state index contributed by atoms with van der Waals surface area (Å²) in [5.74, 6) is -1.06. The van der Waals surface area contributed by atoms with E-state index in [2.05, 4.69) is 93.7 Å². The molecule has 1 atom stereocenters. The highest BCUT2D eigenvalue weighted by Crippen LogP contribution is 2.15. The van der Waals surface area contributed by atoms with Gasteiger partial charge in [-0.05, 0) is 77.0 Å². The number of carbonyl (C=O) groups excluding carboxylic acids is 3. The van der Waals surface area contributed by atoms with E-state index in [-0.39, 0.29) is 44.0 Å². The van der Waals surface area contributed by atoms with Crippen molar-refractivity contribution in [2.75, 3.05) is 13.2 Å². The van der Waals surface area contributed by atoms with Gasteiger partial charge in [0.2, 0.25) is 0 Å². The van der Waals surface area contributed by atoms with Crippen LogP contribution in [-0.4, -0.2) is 37.2 Å². The van der Waals surface area contributed by atoms with Crippen molar-refractivity contribution in [3.05, 3.63) is 146 Å². The number of carbonyl (C=O) groups is 3. The van der Waals surface area contributed by atoms with E-state index >= 15 is 0 Å². The molecule has 0 fully saturated rings. The van der Waals surface area contributed by atoms with Gasteiger partial charge in [0.15, 0.2) is 6.10 Å². The number of hydrogen-bond donors (Lipinski definition) is 0. The van der Waals surface area contributed by atoms with Gasteiger partial charge in [0, 0.05) is 19.3 Å². The Morgan fingerprint density at radius 3 is 1.10 bits per heavy atom. The van der Waals surface area contributed by atoms with E-state index in [1.165, 1.54) is 83.5 Å². The van der Waals surface area contributed by atoms with Crippen molar-refractivity contribution in [3.8, 4) is 0 Å². The smallest absolute Gasteiger partial charge is 0.306 e. The molecule has 0 radical (unpaired) electrons. The summed E-state index contributed by atoms with van der Waals surface area (Å²) < 4.78 is 16.7. The lowest BCUT2D eigenvalue weighted by atomic mass is 10.0. The zero-order chi connectivity index (χ0) is 50.7. The topological polar surface area (TPSA) is 78.9 Å². The maximum atomic E-state index is 12.8. The highest BCUT2D eigenvalue weighted by Gasteiger charge is 2.19. The first-order chi connectivity index (χ1) is 34.5. The molecular formula is C64H100O6. The molecule has 392 valence electrons. The zero-order valence-electron chi connectivity index (χ0n) is 44.7. The first-order valence-corrected chi connectivity index (χ1v) is 27.9. The van der Waals surface area contributed by atoms with Crippen molar-refractivity contribution in [1.82, 2.24) is 0 Å². The Morgan fingerprint density at radius 1 is 0.314 bits per heavy atom. The molecule has 0 saturated heterocycles. The number of unbranched alkanes of at least 4 members (excludes halogenated alkanes) is 18. The zero-order valence-corrected chi connectivity index (χ0v) is 44.7. The van der Waals surface area contributed by atoms with E-state index in [1.807, 2.05) is 72.9 Å². The van der Waals surface area contributed by atoms with Crippen LogP contribution in [0.5, 0.6) is 0 Å². The third-order valence-electron chi connectivity index (χ3n) is 11.3. The minimum atomic E-state index is -0.837. The maximum absolute atomic E-state index is 12.8. The molecule has 0 bridgehead atoms. The summed E-state index contributed by atoms with van der Waals surface area (Å²) in [6.45, 7) is 6.27. The fourth-order valence-corrected chi connectivity index (χ4v) is 7.15. The molecule has 1 unspecified atom stereocenters. The van der Waals surface area contributed by atoms with Crippen LogP contribution < -0.4 is 0 Å². The normalized spacial score (nSPS) is 13.2. The van der Waals surface area contributed by atoms with Crippen LogP contribution in [0.3, 0.4) is 0 Å². The van der Waals surface area contributed by atoms with E-state index < -0.39 is 6.10 Å². The predicted molar refractivity (Wildman–Crippen MR) is 302 cm³/mol. The van der Waals surface area contributed by atoms with E-state index in [0.717, 1.165) is 83.5 Å². The van der Waals surface area contributed by atoms with Crippen LogP contribution in [0.25, 0.3) is 0 Å². The fraction of sp³-hybridized carbons (Fsp3) is 0.578. The van der Waals surface area contributed by atoms with E-state index in [9.17, 15) is 14.4 Å². The van der Waals surface area contributed by atoms with Crippen LogP contribution in [-0.2, 0) is 28.6 Å². The van der Waals surface area contributed by atoms with Crippen LogP contribution in [0.15, 0.2) is 146 Å². The molecule has 0 rings (SSSR count). The number of allylic oxidation sites excluding steroid dienone is 24. The van der Waals surface area contributed by atoms with Crippen molar-refractivity contribution in [1.29, 1.82) is 0 Å². The maximum Gasteiger partial charge on any atom is 0.306 e. The minimum absolute atomic E-state index is 0.124. The van der Waals surface area contributed by atoms with Gasteiger partial charge in [-0.1, -0.05) is 269 Å². The Kier molecular flexibility index (Phi) is 53.0. The summed E-state index contributed by atoms with van der Waals surface area (Å²) in [6.07, 6.45) is 81.3. The quantitative estimate of drug-likeness (QED) is 0.0199. The molecule has 0 aromatic rings. The lowest BCUT2D eigenvalue weighted by molar-refractivity contribution is -0.166. The Balaban J connectivity index is 4.61. The number of hydrogen-bond acceptors (Lipinski definition) is 6. The van der Waals surface area contributed by atoms with Gasteiger partial charge >= 0.3 is 17.9 Å². The Labute approximate surface area is 429 Å². The molecule has 0 N–H and O–H groups in total. The van der Waals surface area contributed by atoms with Gasteiger partial charge < -0.3 is 14.2 Å². The SMILES string of the molecule is CC\C=C/C=C\C=C/C=C\C=C\C=C/CCCCCC(=O)OC(COC(=O)CC/C=C\C/C=C\C/C=C\C/C=C\C/C=C\C/C=C\CC)COC(=O)CCCCCCCCCCCCCCCCCC. The van der Waals surface area contributed by atoms with Crippen molar-refractivity contribution >= 4 is 17.9 Å². The number of ether oxygens (including phenoxy) is 3. The number of rotatable bonds is 48. The second-order valence-electron chi connectivity index (χ2n) is 17.9. The molecule has 0 aliphatic heterocycles. The Hall–Kier alpha value is -4.71. The van der Waals surface area contributed by atoms with Crippen LogP contribution in [0.1, 0.15) is 220 Å². The molecule has 6 heteroatoms. The molecule has 0 aromatic heterocycles. The standard InChI is InChI=1S/C64H100O6/c1-4-7-10-13-16-19-22-25-28-31-32-34-36-39-42-45-48-51-54-57-63(66)69-60-61(59-68-62(65)56-53-50-47-44-41-38-35-30-27-24-21-18-15-12-9-6-3)70-64(67)58-55-52-49-46-43-40-37-33-29-26-23-20-17-14-11-8-5-2/h7-8,10-11,14,16-17,19-20,23,25-26,28-29,32-34,37,39-40,42-43,48,51,61H,4-6,9,12-13,15,18,21-22,24,27,30-31,35-36,38,41,44-47,49-50,52-60H2,1-3H3/b10-7-,11-8-,17-14-,19-16-,23-20-,28-25-,29-26-,34-32-,37-33+,42-39-,43-40-,51-48-. The lowest BCUT2D eigenvalue weighted by Crippen LogP contribution is -2.30. The molecule has 0 saturated carbocycles. The van der Waals surface area contributed by atoms with Gasteiger partial charge in [0.25, 0.3) is 0 Å². The Morgan fingerprint density at radius 2 is 0.657 bits per heavy atom. The Bertz CT molecular complexity index is 1580. The van der Waals surface area contributed by atoms with Gasteiger partial charge in [0.1, 0.15) is 13.2 Å². The molecule has 0 amide bonds. The van der Waals surface area contributed by atoms with Crippen molar-refractivity contribution < 1.29 is 28.6 Å². The second-order valence-corrected chi connectivity index (χ2v) is 17.9. The van der Waals surface area contributed by atoms with Gasteiger partial charge in [-0.3, -0.25) is 14.4 Å². The van der Waals surface area contributed by atoms with Crippen LogP contribution >= 0.6 is 0 Å². The third kappa shape index (κ3) is 54.2. The number of esters is 3. The minimum Gasteiger partial charge on any atom is -0.462 e. The first-order valence-electron chi connectivity index (χ1n) is 27.9. The predicted octanol–water partition coefficient (Wildman–Crippen LogP) is 18.8. The summed E-state index contributed by atoms with van der Waals surface area (Å²) in [5, 5.41) is 0. The van der Waals surface area contributed by atoms with Crippen LogP contribution in [0.4, 0.5) is 0 Å². The molecule has 0 aromatic carbocycles. The van der Waals surface area contributed by atoms with E-state index in [4.69, 9.17) is 14.2 Å². The molecule has 70 heavy (non-hydrogen) atoms. The monoisotopic (exact) mass is 965 g/mol. The van der Waals surface area contributed by atoms with E-state index in [1.54, 1.807) is 0 Å². The second kappa shape index (κ2) is 56.9. The summed E-state index contributed by atoms with van der Waals surface area (Å²) in [5.41, 5.74) is 0. The fourth-order valence-electron chi connectivity index (χ4n) is 7.15. The average Bonchev–Trinajstić information content (AvgIpc) is 3.36. The highest BCUT2D eigenvalue weighted by atomic mass is 16.6. The van der Waals surface area contributed by atoms with Crippen molar-refractivity contribution in [2.24, 2.45) is 0 Å². The third-order valence-corrected chi connectivity index (χ3v) is 11.3. The lowest BCUT2D eigenvalue weighted by Gasteiger charge is -2.18. The van der Waals surface area contributed by atoms with E-state index in [0.29, 0.717) is 19.3 Å². The van der Waals surface area contributed by atoms with Crippen LogP contribution in [0, 0.1) is 0 Å². The molecule has 0 aliphatic rings. The van der Waals surface area contributed by atoms with Gasteiger partial charge in [-0.15, -0.1) is 0 Å². The van der Waals surface area contributed by atoms with Crippen LogP contribution in [0.2, 0.25) is 0 Å². The van der Waals surface area contributed by atoms with Gasteiger partial charge in [0.05, 0.1) is 0 Å². The average molecular weight is 965 g/mol. The van der Waals surface area contributed by atoms with Gasteiger partial charge in [-0.2, -0.15) is 0 Å². The van der Waals surface area contributed by atoms with Crippen molar-refractivity contribution in [2.45, 2.75) is 226 Å². The summed E-state index contributed by atoms with van der Waals surface area (Å²) in [6, 6.07) is 0. The summed E-state index contributed by atoms with van der Waals surface area (Å²) in [7, 11) is 0. The molecule has 0 aliphatic carbocycles.